The standard InChI is InChI=1S/C17H30N2O6/c1-10(2)11-6-4-5-7-14(11)25-9-13(17(23)24-3)19-16(22)12(18)8-15(20)21/h10-14H,4-9,18H2,1-3H3,(H,19,22)(H,20,21)/t11?,12-,13-,14?/m0/s1. The molecule has 1 fully saturated rings. The summed E-state index contributed by atoms with van der Waals surface area (Å²) in [5.41, 5.74) is 5.52. The lowest BCUT2D eigenvalue weighted by atomic mass is 9.79. The molecule has 0 aromatic carbocycles. The molecule has 0 spiro atoms. The Morgan fingerprint density at radius 1 is 1.24 bits per heavy atom. The second-order valence-electron chi connectivity index (χ2n) is 6.85. The number of carboxylic acids is 1. The van der Waals surface area contributed by atoms with Crippen LogP contribution < -0.4 is 11.1 Å². The van der Waals surface area contributed by atoms with E-state index in [4.69, 9.17) is 20.3 Å². The smallest absolute Gasteiger partial charge is 0.330 e. The number of rotatable bonds is 9. The molecule has 0 aliphatic heterocycles. The van der Waals surface area contributed by atoms with Crippen LogP contribution in [0, 0.1) is 11.8 Å². The van der Waals surface area contributed by atoms with E-state index < -0.39 is 36.4 Å². The van der Waals surface area contributed by atoms with Crippen LogP contribution in [0.25, 0.3) is 0 Å². The molecule has 0 bridgehead atoms. The van der Waals surface area contributed by atoms with Gasteiger partial charge in [-0.25, -0.2) is 4.79 Å². The summed E-state index contributed by atoms with van der Waals surface area (Å²) in [4.78, 5) is 34.5. The Bertz CT molecular complexity index is 468. The summed E-state index contributed by atoms with van der Waals surface area (Å²) >= 11 is 0. The molecular formula is C17H30N2O6. The lowest BCUT2D eigenvalue weighted by Crippen LogP contribution is -2.52. The number of nitrogens with one attached hydrogen (secondary N) is 1. The molecule has 0 radical (unpaired) electrons. The van der Waals surface area contributed by atoms with E-state index in [0.29, 0.717) is 11.8 Å². The van der Waals surface area contributed by atoms with Crippen molar-refractivity contribution in [3.8, 4) is 0 Å². The molecule has 0 aromatic heterocycles. The van der Waals surface area contributed by atoms with Crippen LogP contribution in [-0.4, -0.2) is 54.9 Å². The maximum absolute atomic E-state index is 12.0. The van der Waals surface area contributed by atoms with E-state index in [1.807, 2.05) is 0 Å². The summed E-state index contributed by atoms with van der Waals surface area (Å²) in [6, 6.07) is -2.24. The number of amides is 1. The molecule has 1 aliphatic carbocycles. The van der Waals surface area contributed by atoms with Gasteiger partial charge in [0.15, 0.2) is 6.04 Å². The minimum atomic E-state index is -1.23. The van der Waals surface area contributed by atoms with E-state index in [0.717, 1.165) is 19.3 Å². The number of carboxylic acid groups (broad SMARTS) is 1. The summed E-state index contributed by atoms with van der Waals surface area (Å²) < 4.78 is 10.6. The van der Waals surface area contributed by atoms with Crippen molar-refractivity contribution in [1.29, 1.82) is 0 Å². The number of aliphatic carboxylic acids is 1. The fourth-order valence-electron chi connectivity index (χ4n) is 3.19. The molecule has 2 unspecified atom stereocenters. The third-order valence-electron chi connectivity index (χ3n) is 4.62. The highest BCUT2D eigenvalue weighted by molar-refractivity contribution is 5.89. The van der Waals surface area contributed by atoms with Crippen LogP contribution in [0.2, 0.25) is 0 Å². The fourth-order valence-corrected chi connectivity index (χ4v) is 3.19. The van der Waals surface area contributed by atoms with Crippen LogP contribution in [0.1, 0.15) is 46.0 Å². The normalized spacial score (nSPS) is 22.9. The third-order valence-corrected chi connectivity index (χ3v) is 4.62. The van der Waals surface area contributed by atoms with E-state index in [2.05, 4.69) is 19.2 Å². The van der Waals surface area contributed by atoms with Crippen LogP contribution >= 0.6 is 0 Å². The number of carbonyl (C=O) groups excluding carboxylic acids is 2. The number of ether oxygens (including phenoxy) is 2. The van der Waals surface area contributed by atoms with Crippen molar-refractivity contribution in [3.63, 3.8) is 0 Å². The Morgan fingerprint density at radius 3 is 2.44 bits per heavy atom. The molecular weight excluding hydrogens is 328 g/mol. The average molecular weight is 358 g/mol. The van der Waals surface area contributed by atoms with Gasteiger partial charge in [-0.3, -0.25) is 9.59 Å². The SMILES string of the molecule is COC(=O)[C@H](COC1CCCCC1C(C)C)NC(=O)[C@@H](N)CC(=O)O. The average Bonchev–Trinajstić information content (AvgIpc) is 2.57. The van der Waals surface area contributed by atoms with E-state index in [1.54, 1.807) is 0 Å². The number of hydrogen-bond acceptors (Lipinski definition) is 6. The van der Waals surface area contributed by atoms with Crippen LogP contribution in [0.15, 0.2) is 0 Å². The molecule has 25 heavy (non-hydrogen) atoms. The maximum Gasteiger partial charge on any atom is 0.330 e. The number of methoxy groups -OCH3 is 1. The van der Waals surface area contributed by atoms with Gasteiger partial charge in [-0.15, -0.1) is 0 Å². The zero-order valence-electron chi connectivity index (χ0n) is 15.2. The maximum atomic E-state index is 12.0. The predicted octanol–water partition coefficient (Wildman–Crippen LogP) is 0.678. The lowest BCUT2D eigenvalue weighted by Gasteiger charge is -2.35. The number of esters is 1. The van der Waals surface area contributed by atoms with Crippen molar-refractivity contribution in [2.24, 2.45) is 17.6 Å². The van der Waals surface area contributed by atoms with Crippen LogP contribution in [0.5, 0.6) is 0 Å². The number of hydrogen-bond donors (Lipinski definition) is 3. The Labute approximate surface area is 148 Å². The van der Waals surface area contributed by atoms with Gasteiger partial charge in [-0.05, 0) is 24.7 Å². The summed E-state index contributed by atoms with van der Waals surface area (Å²) in [7, 11) is 1.22. The van der Waals surface area contributed by atoms with Crippen molar-refractivity contribution in [2.45, 2.75) is 64.1 Å². The van der Waals surface area contributed by atoms with Crippen molar-refractivity contribution < 1.29 is 29.0 Å². The number of carbonyl (C=O) groups is 3. The van der Waals surface area contributed by atoms with Gasteiger partial charge < -0.3 is 25.6 Å². The van der Waals surface area contributed by atoms with Gasteiger partial charge in [0, 0.05) is 0 Å². The molecule has 0 aromatic rings. The molecule has 1 saturated carbocycles. The minimum absolute atomic E-state index is 0.0217. The van der Waals surface area contributed by atoms with Crippen LogP contribution in [-0.2, 0) is 23.9 Å². The summed E-state index contributed by atoms with van der Waals surface area (Å²) in [6.07, 6.45) is 3.77. The highest BCUT2D eigenvalue weighted by Gasteiger charge is 2.31. The van der Waals surface area contributed by atoms with Crippen LogP contribution in [0.4, 0.5) is 0 Å². The van der Waals surface area contributed by atoms with E-state index in [9.17, 15) is 14.4 Å². The predicted molar refractivity (Wildman–Crippen MR) is 90.7 cm³/mol. The van der Waals surface area contributed by atoms with E-state index in [-0.39, 0.29) is 12.7 Å². The molecule has 8 nitrogen and oxygen atoms in total. The van der Waals surface area contributed by atoms with Gasteiger partial charge >= 0.3 is 11.9 Å². The van der Waals surface area contributed by atoms with E-state index in [1.165, 1.54) is 13.5 Å². The Hall–Kier alpha value is -1.67. The van der Waals surface area contributed by atoms with Gasteiger partial charge in [-0.2, -0.15) is 0 Å². The lowest BCUT2D eigenvalue weighted by molar-refractivity contribution is -0.149. The third kappa shape index (κ3) is 6.99. The fraction of sp³-hybridized carbons (Fsp3) is 0.824. The van der Waals surface area contributed by atoms with Gasteiger partial charge in [-0.1, -0.05) is 26.7 Å². The molecule has 0 saturated heterocycles. The highest BCUT2D eigenvalue weighted by Crippen LogP contribution is 2.32. The quantitative estimate of drug-likeness (QED) is 0.517. The zero-order valence-corrected chi connectivity index (χ0v) is 15.2. The van der Waals surface area contributed by atoms with Gasteiger partial charge in [0.25, 0.3) is 0 Å². The molecule has 1 amide bonds. The first-order chi connectivity index (χ1) is 11.8. The molecule has 4 atom stereocenters. The first kappa shape index (κ1) is 21.4. The van der Waals surface area contributed by atoms with Gasteiger partial charge in [0.05, 0.1) is 32.3 Å². The Kier molecular flexibility index (Phi) is 8.85. The van der Waals surface area contributed by atoms with E-state index >= 15 is 0 Å². The van der Waals surface area contributed by atoms with Crippen LogP contribution in [0.3, 0.4) is 0 Å². The zero-order chi connectivity index (χ0) is 19.0. The summed E-state index contributed by atoms with van der Waals surface area (Å²) in [5.74, 6) is -1.66. The molecule has 8 heteroatoms. The molecule has 1 aliphatic rings. The second-order valence-corrected chi connectivity index (χ2v) is 6.85. The van der Waals surface area contributed by atoms with Crippen molar-refractivity contribution in [3.05, 3.63) is 0 Å². The van der Waals surface area contributed by atoms with Gasteiger partial charge in [0.2, 0.25) is 5.91 Å². The van der Waals surface area contributed by atoms with Gasteiger partial charge in [0.1, 0.15) is 0 Å². The monoisotopic (exact) mass is 358 g/mol. The van der Waals surface area contributed by atoms with Crippen molar-refractivity contribution in [1.82, 2.24) is 5.32 Å². The summed E-state index contributed by atoms with van der Waals surface area (Å²) in [5, 5.41) is 11.1. The first-order valence-electron chi connectivity index (χ1n) is 8.73. The molecule has 144 valence electrons. The molecule has 0 heterocycles. The highest BCUT2D eigenvalue weighted by atomic mass is 16.5. The molecule has 4 N–H and O–H groups in total. The van der Waals surface area contributed by atoms with Crippen molar-refractivity contribution >= 4 is 17.8 Å². The van der Waals surface area contributed by atoms with Crippen molar-refractivity contribution in [2.75, 3.05) is 13.7 Å². The topological polar surface area (TPSA) is 128 Å². The minimum Gasteiger partial charge on any atom is -0.481 e. The first-order valence-corrected chi connectivity index (χ1v) is 8.73. The largest absolute Gasteiger partial charge is 0.481 e. The summed E-state index contributed by atoms with van der Waals surface area (Å²) in [6.45, 7) is 4.28. The molecule has 1 rings (SSSR count). The Morgan fingerprint density at radius 2 is 1.88 bits per heavy atom. The number of nitrogens with two attached hydrogens (primary N) is 1. The Balaban J connectivity index is 2.65. The second kappa shape index (κ2) is 10.4.